The number of rotatable bonds is 6. The van der Waals surface area contributed by atoms with E-state index in [1.165, 1.54) is 16.7 Å². The minimum Gasteiger partial charge on any atom is -0.497 e. The third-order valence-electron chi connectivity index (χ3n) is 4.58. The highest BCUT2D eigenvalue weighted by Crippen LogP contribution is 2.17. The second-order valence-corrected chi connectivity index (χ2v) is 6.42. The first-order valence-electron chi connectivity index (χ1n) is 8.72. The summed E-state index contributed by atoms with van der Waals surface area (Å²) in [5, 5.41) is 3.01. The Morgan fingerprint density at radius 3 is 2.36 bits per heavy atom. The topological polar surface area (TPSA) is 41.6 Å². The summed E-state index contributed by atoms with van der Waals surface area (Å²) in [6.07, 6.45) is 0.804. The predicted octanol–water partition coefficient (Wildman–Crippen LogP) is 4.80. The predicted molar refractivity (Wildman–Crippen MR) is 103 cm³/mol. The maximum absolute atomic E-state index is 12.7. The molecule has 0 fully saturated rings. The highest BCUT2D eigenvalue weighted by molar-refractivity contribution is 5.89. The summed E-state index contributed by atoms with van der Waals surface area (Å²) in [5.41, 5.74) is 4.42. The molecule has 1 N–H and O–H groups in total. The second kappa shape index (κ2) is 8.56. The van der Waals surface area contributed by atoms with Crippen molar-refractivity contribution in [2.45, 2.75) is 40.2 Å². The number of carbonyl (C=O) groups is 1. The van der Waals surface area contributed by atoms with Gasteiger partial charge in [-0.15, -0.1) is 0 Å². The minimum absolute atomic E-state index is 0.0632. The number of urea groups is 1. The summed E-state index contributed by atoms with van der Waals surface area (Å²) in [5.74, 6) is 0.844. The number of anilines is 1. The number of benzene rings is 2. The van der Waals surface area contributed by atoms with Gasteiger partial charge in [-0.3, -0.25) is 0 Å². The molecule has 0 saturated carbocycles. The molecule has 2 aromatic carbocycles. The van der Waals surface area contributed by atoms with Crippen LogP contribution in [0.25, 0.3) is 0 Å². The lowest BCUT2D eigenvalue weighted by molar-refractivity contribution is 0.196. The van der Waals surface area contributed by atoms with Crippen LogP contribution in [0.4, 0.5) is 10.5 Å². The highest BCUT2D eigenvalue weighted by Gasteiger charge is 2.19. The Hall–Kier alpha value is -2.49. The average molecular weight is 340 g/mol. The van der Waals surface area contributed by atoms with Gasteiger partial charge in [0.15, 0.2) is 0 Å². The lowest BCUT2D eigenvalue weighted by Crippen LogP contribution is -2.42. The number of nitrogens with one attached hydrogen (secondary N) is 1. The van der Waals surface area contributed by atoms with Crippen LogP contribution in [0.3, 0.4) is 0 Å². The molecule has 4 nitrogen and oxygen atoms in total. The zero-order valence-electron chi connectivity index (χ0n) is 15.8. The smallest absolute Gasteiger partial charge is 0.322 e. The van der Waals surface area contributed by atoms with Gasteiger partial charge >= 0.3 is 6.03 Å². The van der Waals surface area contributed by atoms with Crippen LogP contribution in [0.5, 0.6) is 5.75 Å². The van der Waals surface area contributed by atoms with Crippen molar-refractivity contribution in [3.8, 4) is 5.75 Å². The van der Waals surface area contributed by atoms with Gasteiger partial charge in [0.25, 0.3) is 0 Å². The maximum Gasteiger partial charge on any atom is 0.322 e. The van der Waals surface area contributed by atoms with Gasteiger partial charge in [-0.25, -0.2) is 4.79 Å². The molecule has 0 aliphatic carbocycles. The third kappa shape index (κ3) is 4.99. The Labute approximate surface area is 150 Å². The van der Waals surface area contributed by atoms with Gasteiger partial charge < -0.3 is 15.0 Å². The SMILES string of the molecule is CCN(C(=O)Nc1ccc(C)c(C)c1)C(C)Cc1ccc(OC)cc1. The van der Waals surface area contributed by atoms with Crippen molar-refractivity contribution in [2.75, 3.05) is 19.0 Å². The minimum atomic E-state index is -0.0632. The summed E-state index contributed by atoms with van der Waals surface area (Å²) in [7, 11) is 1.66. The molecule has 25 heavy (non-hydrogen) atoms. The van der Waals surface area contributed by atoms with Crippen molar-refractivity contribution in [1.82, 2.24) is 4.90 Å². The molecule has 0 spiro atoms. The quantitative estimate of drug-likeness (QED) is 0.821. The van der Waals surface area contributed by atoms with Crippen LogP contribution in [0, 0.1) is 13.8 Å². The Morgan fingerprint density at radius 1 is 1.12 bits per heavy atom. The van der Waals surface area contributed by atoms with E-state index in [1.807, 2.05) is 54.3 Å². The van der Waals surface area contributed by atoms with Crippen LogP contribution in [0.2, 0.25) is 0 Å². The Bertz CT molecular complexity index is 710. The molecule has 2 aromatic rings. The van der Waals surface area contributed by atoms with Crippen molar-refractivity contribution in [1.29, 1.82) is 0 Å². The Morgan fingerprint density at radius 2 is 1.80 bits per heavy atom. The number of likely N-dealkylation sites (N-methyl/N-ethyl adjacent to an activating group) is 1. The molecule has 1 atom stereocenters. The molecule has 0 radical (unpaired) electrons. The van der Waals surface area contributed by atoms with Gasteiger partial charge in [-0.2, -0.15) is 0 Å². The zero-order valence-corrected chi connectivity index (χ0v) is 15.8. The van der Waals surface area contributed by atoms with Gasteiger partial charge in [-0.05, 0) is 75.1 Å². The molecule has 0 aromatic heterocycles. The van der Waals surface area contributed by atoms with E-state index in [0.29, 0.717) is 6.54 Å². The van der Waals surface area contributed by atoms with E-state index in [1.54, 1.807) is 7.11 Å². The number of hydrogen-bond donors (Lipinski definition) is 1. The summed E-state index contributed by atoms with van der Waals surface area (Å²) in [6, 6.07) is 14.0. The molecule has 0 heterocycles. The van der Waals surface area contributed by atoms with Crippen LogP contribution in [0.15, 0.2) is 42.5 Å². The first kappa shape index (κ1) is 18.8. The van der Waals surface area contributed by atoms with E-state index >= 15 is 0 Å². The Kier molecular flexibility index (Phi) is 6.45. The van der Waals surface area contributed by atoms with Crippen molar-refractivity contribution in [3.05, 3.63) is 59.2 Å². The second-order valence-electron chi connectivity index (χ2n) is 6.42. The van der Waals surface area contributed by atoms with Crippen molar-refractivity contribution in [2.24, 2.45) is 0 Å². The maximum atomic E-state index is 12.7. The van der Waals surface area contributed by atoms with Crippen LogP contribution < -0.4 is 10.1 Å². The number of carbonyl (C=O) groups excluding carboxylic acids is 1. The van der Waals surface area contributed by atoms with E-state index in [2.05, 4.69) is 26.1 Å². The van der Waals surface area contributed by atoms with Crippen molar-refractivity contribution < 1.29 is 9.53 Å². The summed E-state index contributed by atoms with van der Waals surface area (Å²) >= 11 is 0. The fourth-order valence-electron chi connectivity index (χ4n) is 2.88. The molecule has 0 aliphatic heterocycles. The van der Waals surface area contributed by atoms with Gasteiger partial charge in [0.1, 0.15) is 5.75 Å². The summed E-state index contributed by atoms with van der Waals surface area (Å²) in [4.78, 5) is 14.5. The van der Waals surface area contributed by atoms with E-state index < -0.39 is 0 Å². The molecule has 2 rings (SSSR count). The molecule has 134 valence electrons. The number of hydrogen-bond acceptors (Lipinski definition) is 2. The number of methoxy groups -OCH3 is 1. The molecular weight excluding hydrogens is 312 g/mol. The monoisotopic (exact) mass is 340 g/mol. The fourth-order valence-corrected chi connectivity index (χ4v) is 2.88. The number of nitrogens with zero attached hydrogens (tertiary/aromatic N) is 1. The standard InChI is InChI=1S/C21H28N2O2/c1-6-23(17(4)14-18-8-11-20(25-5)12-9-18)21(24)22-19-10-7-15(2)16(3)13-19/h7-13,17H,6,14H2,1-5H3,(H,22,24). The van der Waals surface area contributed by atoms with Gasteiger partial charge in [0.05, 0.1) is 7.11 Å². The molecule has 0 saturated heterocycles. The van der Waals surface area contributed by atoms with Crippen LogP contribution in [-0.4, -0.2) is 30.6 Å². The molecular formula is C21H28N2O2. The van der Waals surface area contributed by atoms with Crippen molar-refractivity contribution in [3.63, 3.8) is 0 Å². The van der Waals surface area contributed by atoms with Gasteiger partial charge in [0.2, 0.25) is 0 Å². The first-order chi connectivity index (χ1) is 11.9. The van der Waals surface area contributed by atoms with E-state index in [0.717, 1.165) is 17.9 Å². The highest BCUT2D eigenvalue weighted by atomic mass is 16.5. The normalized spacial score (nSPS) is 11.7. The van der Waals surface area contributed by atoms with Gasteiger partial charge in [0, 0.05) is 18.3 Å². The number of aryl methyl sites for hydroxylation is 2. The fraction of sp³-hybridized carbons (Fsp3) is 0.381. The molecule has 2 amide bonds. The third-order valence-corrected chi connectivity index (χ3v) is 4.58. The van der Waals surface area contributed by atoms with E-state index in [4.69, 9.17) is 4.74 Å². The van der Waals surface area contributed by atoms with Crippen LogP contribution in [0.1, 0.15) is 30.5 Å². The van der Waals surface area contributed by atoms with Crippen molar-refractivity contribution >= 4 is 11.7 Å². The first-order valence-corrected chi connectivity index (χ1v) is 8.72. The average Bonchev–Trinajstić information content (AvgIpc) is 2.59. The molecule has 0 aliphatic rings. The number of amides is 2. The van der Waals surface area contributed by atoms with E-state index in [-0.39, 0.29) is 12.1 Å². The lowest BCUT2D eigenvalue weighted by Gasteiger charge is -2.28. The Balaban J connectivity index is 2.03. The van der Waals surface area contributed by atoms with Crippen LogP contribution >= 0.6 is 0 Å². The van der Waals surface area contributed by atoms with E-state index in [9.17, 15) is 4.79 Å². The largest absolute Gasteiger partial charge is 0.497 e. The molecule has 1 unspecified atom stereocenters. The lowest BCUT2D eigenvalue weighted by atomic mass is 10.1. The zero-order chi connectivity index (χ0) is 18.4. The number of ether oxygens (including phenoxy) is 1. The molecule has 0 bridgehead atoms. The summed E-state index contributed by atoms with van der Waals surface area (Å²) in [6.45, 7) is 8.86. The molecule has 4 heteroatoms. The summed E-state index contributed by atoms with van der Waals surface area (Å²) < 4.78 is 5.19. The van der Waals surface area contributed by atoms with Crippen LogP contribution in [-0.2, 0) is 6.42 Å². The van der Waals surface area contributed by atoms with Gasteiger partial charge in [-0.1, -0.05) is 18.2 Å².